The van der Waals surface area contributed by atoms with Gasteiger partial charge in [-0.3, -0.25) is 9.69 Å². The van der Waals surface area contributed by atoms with Crippen LogP contribution in [-0.4, -0.2) is 35.1 Å². The molecule has 0 aliphatic heterocycles. The van der Waals surface area contributed by atoms with E-state index in [0.29, 0.717) is 6.54 Å². The average Bonchev–Trinajstić information content (AvgIpc) is 2.69. The molecule has 116 valence electrons. The summed E-state index contributed by atoms with van der Waals surface area (Å²) in [6.07, 6.45) is 0. The molecular formula is C15H24N4O2. The van der Waals surface area contributed by atoms with Gasteiger partial charge in [-0.25, -0.2) is 0 Å². The number of hydrogen-bond donors (Lipinski definition) is 1. The van der Waals surface area contributed by atoms with E-state index in [0.717, 1.165) is 17.0 Å². The highest BCUT2D eigenvalue weighted by Gasteiger charge is 2.30. The standard InChI is InChI=1S/C15H24N4O2/c1-10(2)15(5,9-16)17-14(20)8-19(6)7-13-11(3)18-21-12(13)4/h10H,7-8H2,1-6H3,(H,17,20). The van der Waals surface area contributed by atoms with Gasteiger partial charge in [-0.05, 0) is 33.7 Å². The van der Waals surface area contributed by atoms with E-state index in [1.165, 1.54) is 0 Å². The zero-order valence-corrected chi connectivity index (χ0v) is 13.6. The lowest BCUT2D eigenvalue weighted by Gasteiger charge is -2.28. The summed E-state index contributed by atoms with van der Waals surface area (Å²) in [4.78, 5) is 14.0. The van der Waals surface area contributed by atoms with Gasteiger partial charge in [0, 0.05) is 12.1 Å². The summed E-state index contributed by atoms with van der Waals surface area (Å²) >= 11 is 0. The smallest absolute Gasteiger partial charge is 0.235 e. The predicted octanol–water partition coefficient (Wildman–Crippen LogP) is 1.78. The topological polar surface area (TPSA) is 82.2 Å². The quantitative estimate of drug-likeness (QED) is 0.864. The molecule has 1 atom stereocenters. The minimum absolute atomic E-state index is 0.0410. The number of rotatable bonds is 6. The van der Waals surface area contributed by atoms with Gasteiger partial charge in [0.2, 0.25) is 5.91 Å². The molecule has 0 fully saturated rings. The fraction of sp³-hybridized carbons (Fsp3) is 0.667. The Morgan fingerprint density at radius 2 is 2.14 bits per heavy atom. The van der Waals surface area contributed by atoms with Crippen LogP contribution in [0.1, 0.15) is 37.8 Å². The number of nitrogens with one attached hydrogen (secondary N) is 1. The summed E-state index contributed by atoms with van der Waals surface area (Å²) in [5, 5.41) is 15.9. The SMILES string of the molecule is Cc1noc(C)c1CN(C)CC(=O)NC(C)(C#N)C(C)C. The van der Waals surface area contributed by atoms with Crippen LogP contribution in [0.2, 0.25) is 0 Å². The Balaban J connectivity index is 2.61. The van der Waals surface area contributed by atoms with Crippen molar-refractivity contribution in [2.45, 2.75) is 46.7 Å². The largest absolute Gasteiger partial charge is 0.361 e. The second kappa shape index (κ2) is 6.72. The van der Waals surface area contributed by atoms with E-state index in [2.05, 4.69) is 16.5 Å². The third-order valence-corrected chi connectivity index (χ3v) is 3.81. The van der Waals surface area contributed by atoms with Gasteiger partial charge in [0.25, 0.3) is 0 Å². The zero-order chi connectivity index (χ0) is 16.2. The number of aryl methyl sites for hydroxylation is 2. The van der Waals surface area contributed by atoms with Gasteiger partial charge in [0.15, 0.2) is 0 Å². The summed E-state index contributed by atoms with van der Waals surface area (Å²) in [5.74, 6) is 0.644. The van der Waals surface area contributed by atoms with E-state index >= 15 is 0 Å². The van der Waals surface area contributed by atoms with Crippen LogP contribution in [-0.2, 0) is 11.3 Å². The molecular weight excluding hydrogens is 268 g/mol. The molecule has 0 aliphatic carbocycles. The maximum atomic E-state index is 12.1. The second-order valence-corrected chi connectivity index (χ2v) is 5.99. The number of carbonyl (C=O) groups is 1. The number of hydrogen-bond acceptors (Lipinski definition) is 5. The highest BCUT2D eigenvalue weighted by atomic mass is 16.5. The van der Waals surface area contributed by atoms with Gasteiger partial charge in [0.1, 0.15) is 11.3 Å². The van der Waals surface area contributed by atoms with Crippen LogP contribution in [0.25, 0.3) is 0 Å². The molecule has 1 amide bonds. The van der Waals surface area contributed by atoms with Crippen molar-refractivity contribution in [3.05, 3.63) is 17.0 Å². The number of nitrogens with zero attached hydrogens (tertiary/aromatic N) is 3. The van der Waals surface area contributed by atoms with Crippen LogP contribution in [0, 0.1) is 31.1 Å². The van der Waals surface area contributed by atoms with E-state index in [1.54, 1.807) is 6.92 Å². The Labute approximate surface area is 126 Å². The Hall–Kier alpha value is -1.87. The highest BCUT2D eigenvalue weighted by molar-refractivity contribution is 5.79. The van der Waals surface area contributed by atoms with Crippen molar-refractivity contribution in [3.63, 3.8) is 0 Å². The van der Waals surface area contributed by atoms with Gasteiger partial charge in [-0.15, -0.1) is 0 Å². The van der Waals surface area contributed by atoms with Crippen LogP contribution in [0.4, 0.5) is 0 Å². The van der Waals surface area contributed by atoms with E-state index in [4.69, 9.17) is 4.52 Å². The number of likely N-dealkylation sites (N-methyl/N-ethyl adjacent to an activating group) is 1. The van der Waals surface area contributed by atoms with Crippen LogP contribution >= 0.6 is 0 Å². The van der Waals surface area contributed by atoms with E-state index in [1.807, 2.05) is 39.6 Å². The molecule has 1 aromatic heterocycles. The van der Waals surface area contributed by atoms with Crippen LogP contribution in [0.3, 0.4) is 0 Å². The second-order valence-electron chi connectivity index (χ2n) is 5.99. The Bertz CT molecular complexity index is 525. The molecule has 1 N–H and O–H groups in total. The third-order valence-electron chi connectivity index (χ3n) is 3.81. The van der Waals surface area contributed by atoms with Crippen LogP contribution in [0.5, 0.6) is 0 Å². The average molecular weight is 292 g/mol. The fourth-order valence-corrected chi connectivity index (χ4v) is 1.93. The summed E-state index contributed by atoms with van der Waals surface area (Å²) in [6.45, 7) is 10.1. The zero-order valence-electron chi connectivity index (χ0n) is 13.6. The molecule has 1 rings (SSSR count). The molecule has 6 heteroatoms. The maximum absolute atomic E-state index is 12.1. The molecule has 0 radical (unpaired) electrons. The van der Waals surface area contributed by atoms with Crippen molar-refractivity contribution in [2.24, 2.45) is 5.92 Å². The van der Waals surface area contributed by atoms with Gasteiger partial charge in [-0.2, -0.15) is 5.26 Å². The number of aromatic nitrogens is 1. The van der Waals surface area contributed by atoms with Gasteiger partial charge in [-0.1, -0.05) is 19.0 Å². The Morgan fingerprint density at radius 3 is 2.57 bits per heavy atom. The Kier molecular flexibility index (Phi) is 5.50. The summed E-state index contributed by atoms with van der Waals surface area (Å²) in [5.41, 5.74) is 0.988. The molecule has 0 saturated heterocycles. The van der Waals surface area contributed by atoms with E-state index < -0.39 is 5.54 Å². The van der Waals surface area contributed by atoms with Crippen molar-refractivity contribution in [3.8, 4) is 6.07 Å². The van der Waals surface area contributed by atoms with Crippen molar-refractivity contribution in [1.82, 2.24) is 15.4 Å². The molecule has 0 spiro atoms. The molecule has 0 saturated carbocycles. The molecule has 0 aromatic carbocycles. The molecule has 1 heterocycles. The molecule has 6 nitrogen and oxygen atoms in total. The lowest BCUT2D eigenvalue weighted by Crippen LogP contribution is -2.51. The van der Waals surface area contributed by atoms with Gasteiger partial charge >= 0.3 is 0 Å². The van der Waals surface area contributed by atoms with E-state index in [9.17, 15) is 10.1 Å². The first-order chi connectivity index (χ1) is 9.69. The monoisotopic (exact) mass is 292 g/mol. The Morgan fingerprint density at radius 1 is 1.52 bits per heavy atom. The molecule has 1 unspecified atom stereocenters. The van der Waals surface area contributed by atoms with E-state index in [-0.39, 0.29) is 18.4 Å². The van der Waals surface area contributed by atoms with Crippen molar-refractivity contribution in [2.75, 3.05) is 13.6 Å². The van der Waals surface area contributed by atoms with Crippen LogP contribution in [0.15, 0.2) is 4.52 Å². The summed E-state index contributed by atoms with van der Waals surface area (Å²) in [6, 6.07) is 2.17. The van der Waals surface area contributed by atoms with Gasteiger partial charge in [0.05, 0.1) is 18.3 Å². The lowest BCUT2D eigenvalue weighted by molar-refractivity contribution is -0.123. The minimum atomic E-state index is -0.846. The minimum Gasteiger partial charge on any atom is -0.361 e. The molecule has 0 aliphatic rings. The number of nitriles is 1. The third kappa shape index (κ3) is 4.30. The van der Waals surface area contributed by atoms with Crippen molar-refractivity contribution in [1.29, 1.82) is 5.26 Å². The predicted molar refractivity (Wildman–Crippen MR) is 79.3 cm³/mol. The first-order valence-electron chi connectivity index (χ1n) is 7.02. The van der Waals surface area contributed by atoms with Gasteiger partial charge < -0.3 is 9.84 Å². The first-order valence-corrected chi connectivity index (χ1v) is 7.02. The van der Waals surface area contributed by atoms with Crippen LogP contribution < -0.4 is 5.32 Å². The molecule has 1 aromatic rings. The lowest BCUT2D eigenvalue weighted by atomic mass is 9.90. The summed E-state index contributed by atoms with van der Waals surface area (Å²) in [7, 11) is 1.85. The first kappa shape index (κ1) is 17.2. The fourth-order valence-electron chi connectivity index (χ4n) is 1.93. The highest BCUT2D eigenvalue weighted by Crippen LogP contribution is 2.16. The number of amides is 1. The molecule has 21 heavy (non-hydrogen) atoms. The summed E-state index contributed by atoms with van der Waals surface area (Å²) < 4.78 is 5.11. The number of carbonyl (C=O) groups excluding carboxylic acids is 1. The maximum Gasteiger partial charge on any atom is 0.235 e. The molecule has 0 bridgehead atoms. The van der Waals surface area contributed by atoms with Crippen molar-refractivity contribution < 1.29 is 9.32 Å². The van der Waals surface area contributed by atoms with Crippen molar-refractivity contribution >= 4 is 5.91 Å². The normalized spacial score (nSPS) is 14.0.